The first kappa shape index (κ1) is 48.7. The fraction of sp³-hybridized carbons (Fsp3) is 0.0698. The molecule has 0 unspecified atom stereocenters. The van der Waals surface area contributed by atoms with Crippen LogP contribution >= 0.6 is 0 Å². The first-order valence-electron chi connectivity index (χ1n) is 14.6. The van der Waals surface area contributed by atoms with E-state index in [0.29, 0.717) is 0 Å². The van der Waals surface area contributed by atoms with Gasteiger partial charge in [0.1, 0.15) is 0 Å². The Morgan fingerprint density at radius 3 is 0.617 bits per heavy atom. The summed E-state index contributed by atoms with van der Waals surface area (Å²) in [5.41, 5.74) is 0. The Bertz CT molecular complexity index is 1140. The molecule has 0 saturated heterocycles. The predicted molar refractivity (Wildman–Crippen MR) is 208 cm³/mol. The molecule has 0 spiro atoms. The zero-order chi connectivity index (χ0) is 30.6. The Hall–Kier alpha value is -2.74. The van der Waals surface area contributed by atoms with E-state index in [-0.39, 0.29) is 76.1 Å². The van der Waals surface area contributed by atoms with Crippen LogP contribution in [0.1, 0.15) is 0 Å². The van der Waals surface area contributed by atoms with Crippen LogP contribution in [0.3, 0.4) is 0 Å². The summed E-state index contributed by atoms with van der Waals surface area (Å²) in [5.74, 6) is 0. The van der Waals surface area contributed by atoms with Crippen LogP contribution in [0.25, 0.3) is 0 Å². The Morgan fingerprint density at radius 1 is 0.319 bits per heavy atom. The molecule has 4 heteroatoms. The standard InChI is InChI=1S/C18H15Si.4C5H5.C3H9Si.2CH3.2Zr/c1-4-10-16(11-5-1)19(17-12-6-2-7-13-17)18-14-8-3-9-15-18;4*1-2-4-5-3-1;1-4(2)3;;;;/h1-15H;4*1-5H;1-3H3;2*1H3;;/q;4*-1;;2*-1;2*+3. The van der Waals surface area contributed by atoms with Crippen LogP contribution < -0.4 is 15.6 Å². The van der Waals surface area contributed by atoms with Crippen LogP contribution in [0.5, 0.6) is 0 Å². The topological polar surface area (TPSA) is 0 Å². The summed E-state index contributed by atoms with van der Waals surface area (Å²) < 4.78 is 0. The van der Waals surface area contributed by atoms with Crippen molar-refractivity contribution in [1.82, 2.24) is 0 Å². The summed E-state index contributed by atoms with van der Waals surface area (Å²) in [6.45, 7) is 6.81. The van der Waals surface area contributed by atoms with Crippen molar-refractivity contribution in [2.24, 2.45) is 0 Å². The normalized spacial score (nSPS) is 8.45. The van der Waals surface area contributed by atoms with E-state index in [9.17, 15) is 0 Å². The summed E-state index contributed by atoms with van der Waals surface area (Å²) in [6, 6.07) is 72.5. The molecule has 0 aromatic heterocycles. The van der Waals surface area contributed by atoms with E-state index in [2.05, 4.69) is 111 Å². The number of rotatable bonds is 3. The molecule has 0 nitrogen and oxygen atoms in total. The van der Waals surface area contributed by atoms with E-state index < -0.39 is 8.80 Å². The third kappa shape index (κ3) is 26.0. The molecule has 47 heavy (non-hydrogen) atoms. The first-order valence-corrected chi connectivity index (χ1v) is 19.1. The van der Waals surface area contributed by atoms with Gasteiger partial charge in [0.15, 0.2) is 8.80 Å². The second-order valence-electron chi connectivity index (χ2n) is 9.82. The minimum Gasteiger partial charge on any atom is -0.358 e. The van der Waals surface area contributed by atoms with Gasteiger partial charge in [-0.2, -0.15) is 72.8 Å². The molecule has 7 rings (SSSR count). The van der Waals surface area contributed by atoms with Gasteiger partial charge < -0.3 is 14.9 Å². The van der Waals surface area contributed by atoms with Gasteiger partial charge in [-0.15, -0.1) is 0 Å². The van der Waals surface area contributed by atoms with Gasteiger partial charge in [0.2, 0.25) is 0 Å². The molecule has 238 valence electrons. The molecule has 4 radical (unpaired) electrons. The first-order chi connectivity index (χ1) is 21.2. The van der Waals surface area contributed by atoms with Gasteiger partial charge in [-0.25, -0.2) is 48.5 Å². The van der Waals surface area contributed by atoms with Gasteiger partial charge in [0, 0.05) is 8.80 Å². The molecule has 0 aliphatic heterocycles. The molecule has 0 N–H and O–H groups in total. The van der Waals surface area contributed by atoms with Crippen LogP contribution in [0.2, 0.25) is 19.6 Å². The summed E-state index contributed by atoms with van der Waals surface area (Å²) in [6.07, 6.45) is 0. The summed E-state index contributed by atoms with van der Waals surface area (Å²) >= 11 is 0. The number of hydrogen-bond acceptors (Lipinski definition) is 0. The quantitative estimate of drug-likeness (QED) is 0.0949. The maximum atomic E-state index is 2.27. The summed E-state index contributed by atoms with van der Waals surface area (Å²) in [5, 5.41) is 4.31. The fourth-order valence-corrected chi connectivity index (χ4v) is 6.17. The van der Waals surface area contributed by atoms with Crippen molar-refractivity contribution in [2.45, 2.75) is 19.6 Å². The molecule has 7 aromatic carbocycles. The average Bonchev–Trinajstić information content (AvgIpc) is 3.91. The second kappa shape index (κ2) is 34.6. The maximum absolute atomic E-state index is 2.27. The number of hydrogen-bond donors (Lipinski definition) is 0. The molecule has 0 fully saturated rings. The van der Waals surface area contributed by atoms with E-state index in [0.717, 1.165) is 0 Å². The molecule has 0 amide bonds. The van der Waals surface area contributed by atoms with Crippen molar-refractivity contribution >= 4 is 33.2 Å². The van der Waals surface area contributed by atoms with E-state index in [1.807, 2.05) is 121 Å². The van der Waals surface area contributed by atoms with Crippen LogP contribution in [-0.2, 0) is 52.4 Å². The molecule has 0 bridgehead atoms. The maximum Gasteiger partial charge on any atom is 3.00 e. The van der Waals surface area contributed by atoms with Crippen molar-refractivity contribution in [3.05, 3.63) is 227 Å². The van der Waals surface area contributed by atoms with E-state index >= 15 is 0 Å². The Labute approximate surface area is 329 Å². The number of benzene rings is 3. The molecular weight excluding hydrogens is 755 g/mol. The third-order valence-corrected chi connectivity index (χ3v) is 8.14. The van der Waals surface area contributed by atoms with Gasteiger partial charge >= 0.3 is 52.4 Å². The predicted octanol–water partition coefficient (Wildman–Crippen LogP) is 10.1. The molecule has 0 aliphatic carbocycles. The van der Waals surface area contributed by atoms with E-state index in [1.54, 1.807) is 0 Å². The van der Waals surface area contributed by atoms with Crippen LogP contribution in [0, 0.1) is 14.9 Å². The van der Waals surface area contributed by atoms with Crippen LogP contribution in [0.4, 0.5) is 0 Å². The van der Waals surface area contributed by atoms with Gasteiger partial charge in [0.25, 0.3) is 0 Å². The molecule has 0 aliphatic rings. The van der Waals surface area contributed by atoms with Gasteiger partial charge in [-0.05, 0) is 0 Å². The zero-order valence-corrected chi connectivity index (χ0v) is 35.6. The SMILES string of the molecule is C[Si](C)C.[CH3-].[CH3-].[Zr+3].[Zr+3].c1cc[cH-]c1.c1cc[cH-]c1.c1cc[cH-]c1.c1cc[cH-]c1.c1ccc([Si](c2ccccc2)c2ccccc2)cc1. The molecule has 0 saturated carbocycles. The minimum absolute atomic E-state index is 0. The van der Waals surface area contributed by atoms with Crippen molar-refractivity contribution < 1.29 is 52.4 Å². The molecular formula is C43H50Si2Zr2. The van der Waals surface area contributed by atoms with Crippen molar-refractivity contribution in [3.63, 3.8) is 0 Å². The van der Waals surface area contributed by atoms with Gasteiger partial charge in [-0.3, -0.25) is 0 Å². The van der Waals surface area contributed by atoms with Crippen molar-refractivity contribution in [1.29, 1.82) is 0 Å². The van der Waals surface area contributed by atoms with Crippen molar-refractivity contribution in [2.75, 3.05) is 0 Å². The summed E-state index contributed by atoms with van der Waals surface area (Å²) in [4.78, 5) is 0. The average molecular weight is 805 g/mol. The van der Waals surface area contributed by atoms with E-state index in [4.69, 9.17) is 0 Å². The largest absolute Gasteiger partial charge is 3.00 e. The van der Waals surface area contributed by atoms with Crippen LogP contribution in [0.15, 0.2) is 212 Å². The molecule has 0 heterocycles. The minimum atomic E-state index is -0.877. The molecule has 0 atom stereocenters. The fourth-order valence-electron chi connectivity index (χ4n) is 3.60. The van der Waals surface area contributed by atoms with Crippen molar-refractivity contribution in [3.8, 4) is 0 Å². The smallest absolute Gasteiger partial charge is 0.358 e. The summed E-state index contributed by atoms with van der Waals surface area (Å²) in [7, 11) is -0.757. The Morgan fingerprint density at radius 2 is 0.489 bits per heavy atom. The van der Waals surface area contributed by atoms with Gasteiger partial charge in [0.05, 0.1) is 0 Å². The molecule has 7 aromatic rings. The third-order valence-electron chi connectivity index (χ3n) is 5.41. The van der Waals surface area contributed by atoms with Gasteiger partial charge in [-0.1, -0.05) is 126 Å². The Kier molecular flexibility index (Phi) is 35.8. The van der Waals surface area contributed by atoms with Crippen LogP contribution in [-0.4, -0.2) is 17.6 Å². The van der Waals surface area contributed by atoms with E-state index in [1.165, 1.54) is 15.6 Å². The monoisotopic (exact) mass is 802 g/mol. The Balaban J connectivity index is -0.000000570. The second-order valence-corrected chi connectivity index (χ2v) is 15.3. The zero-order valence-electron chi connectivity index (χ0n) is 28.7.